The van der Waals surface area contributed by atoms with Crippen molar-refractivity contribution >= 4 is 39.5 Å². The van der Waals surface area contributed by atoms with Crippen molar-refractivity contribution in [2.45, 2.75) is 18.8 Å². The maximum atomic E-state index is 12.3. The van der Waals surface area contributed by atoms with Gasteiger partial charge in [0.15, 0.2) is 12.4 Å². The zero-order valence-corrected chi connectivity index (χ0v) is 16.1. The van der Waals surface area contributed by atoms with Crippen molar-refractivity contribution in [3.63, 3.8) is 0 Å². The monoisotopic (exact) mass is 432 g/mol. The van der Waals surface area contributed by atoms with E-state index in [4.69, 9.17) is 4.74 Å². The minimum Gasteiger partial charge on any atom is -0.457 e. The Bertz CT molecular complexity index is 882. The summed E-state index contributed by atoms with van der Waals surface area (Å²) in [5.74, 6) is -1.21. The van der Waals surface area contributed by atoms with Gasteiger partial charge in [-0.2, -0.15) is 0 Å². The first kappa shape index (κ1) is 19.0. The number of carbonyl (C=O) groups excluding carboxylic acids is 3. The first-order chi connectivity index (χ1) is 13.0. The molecule has 1 aliphatic rings. The van der Waals surface area contributed by atoms with Crippen LogP contribution in [-0.4, -0.2) is 36.5 Å². The molecule has 0 saturated carbocycles. The number of halogens is 1. The third-order valence-electron chi connectivity index (χ3n) is 4.27. The van der Waals surface area contributed by atoms with Gasteiger partial charge in [-0.15, -0.1) is 0 Å². The van der Waals surface area contributed by atoms with E-state index in [2.05, 4.69) is 31.0 Å². The lowest BCUT2D eigenvalue weighted by Crippen LogP contribution is -2.19. The van der Waals surface area contributed by atoms with Crippen LogP contribution in [0.4, 0.5) is 10.5 Å². The maximum absolute atomic E-state index is 12.3. The number of hydrogen-bond acceptors (Lipinski definition) is 6. The Balaban J connectivity index is 1.57. The van der Waals surface area contributed by atoms with E-state index in [1.807, 2.05) is 6.07 Å². The summed E-state index contributed by atoms with van der Waals surface area (Å²) in [7, 11) is 1.26. The number of benzene rings is 1. The summed E-state index contributed by atoms with van der Waals surface area (Å²) in [5, 5.41) is 2.49. The SMILES string of the molecule is COC(=O)Nc1ccc(C(=O)COC(=O)C2CCc3cc(Br)cnc32)cc1. The quantitative estimate of drug-likeness (QED) is 0.573. The summed E-state index contributed by atoms with van der Waals surface area (Å²) in [6.45, 7) is -0.342. The number of Topliss-reactive ketones (excluding diaryl/α,β-unsaturated/α-hetero) is 1. The Morgan fingerprint density at radius 2 is 2.00 bits per heavy atom. The molecule has 0 saturated heterocycles. The lowest BCUT2D eigenvalue weighted by molar-refractivity contribution is -0.144. The maximum Gasteiger partial charge on any atom is 0.411 e. The third kappa shape index (κ3) is 4.51. The van der Waals surface area contributed by atoms with E-state index in [1.165, 1.54) is 7.11 Å². The lowest BCUT2D eigenvalue weighted by atomic mass is 10.1. The van der Waals surface area contributed by atoms with Crippen LogP contribution in [0, 0.1) is 0 Å². The summed E-state index contributed by atoms with van der Waals surface area (Å²) in [6.07, 6.45) is 2.43. The Labute approximate surface area is 164 Å². The molecule has 0 spiro atoms. The van der Waals surface area contributed by atoms with Crippen molar-refractivity contribution < 1.29 is 23.9 Å². The molecule has 0 radical (unpaired) electrons. The van der Waals surface area contributed by atoms with Crippen LogP contribution in [0.5, 0.6) is 0 Å². The molecular weight excluding hydrogens is 416 g/mol. The molecule has 1 amide bonds. The van der Waals surface area contributed by atoms with Crippen LogP contribution in [0.2, 0.25) is 0 Å². The molecule has 7 nitrogen and oxygen atoms in total. The molecule has 2 aromatic rings. The summed E-state index contributed by atoms with van der Waals surface area (Å²) >= 11 is 3.37. The topological polar surface area (TPSA) is 94.6 Å². The normalized spacial score (nSPS) is 15.0. The second kappa shape index (κ2) is 8.30. The number of methoxy groups -OCH3 is 1. The number of hydrogen-bond donors (Lipinski definition) is 1. The second-order valence-electron chi connectivity index (χ2n) is 6.01. The highest BCUT2D eigenvalue weighted by Gasteiger charge is 2.31. The molecule has 0 aliphatic heterocycles. The molecule has 0 bridgehead atoms. The minimum atomic E-state index is -0.597. The van der Waals surface area contributed by atoms with Gasteiger partial charge >= 0.3 is 12.1 Å². The van der Waals surface area contributed by atoms with Crippen molar-refractivity contribution in [3.05, 3.63) is 57.8 Å². The number of fused-ring (bicyclic) bond motifs is 1. The fourth-order valence-corrected chi connectivity index (χ4v) is 3.28. The Morgan fingerprint density at radius 1 is 1.26 bits per heavy atom. The number of ether oxygens (including phenoxy) is 2. The third-order valence-corrected chi connectivity index (χ3v) is 4.70. The highest BCUT2D eigenvalue weighted by molar-refractivity contribution is 9.10. The fourth-order valence-electron chi connectivity index (χ4n) is 2.90. The van der Waals surface area contributed by atoms with Gasteiger partial charge in [0.1, 0.15) is 0 Å². The van der Waals surface area contributed by atoms with Crippen LogP contribution in [0.3, 0.4) is 0 Å². The number of amides is 1. The van der Waals surface area contributed by atoms with Crippen molar-refractivity contribution in [1.82, 2.24) is 4.98 Å². The molecule has 1 N–H and O–H groups in total. The van der Waals surface area contributed by atoms with Crippen LogP contribution in [0.15, 0.2) is 41.0 Å². The molecule has 0 fully saturated rings. The average Bonchev–Trinajstić information content (AvgIpc) is 3.09. The van der Waals surface area contributed by atoms with E-state index in [-0.39, 0.29) is 12.4 Å². The van der Waals surface area contributed by atoms with E-state index in [0.717, 1.165) is 16.5 Å². The van der Waals surface area contributed by atoms with Gasteiger partial charge in [0.2, 0.25) is 0 Å². The van der Waals surface area contributed by atoms with Crippen molar-refractivity contribution in [3.8, 4) is 0 Å². The minimum absolute atomic E-state index is 0.324. The molecule has 1 aromatic heterocycles. The van der Waals surface area contributed by atoms with Crippen LogP contribution in [0.25, 0.3) is 0 Å². The number of pyridine rings is 1. The Kier molecular flexibility index (Phi) is 5.85. The Hall–Kier alpha value is -2.74. The second-order valence-corrected chi connectivity index (χ2v) is 6.93. The summed E-state index contributed by atoms with van der Waals surface area (Å²) in [6, 6.07) is 8.18. The number of nitrogens with zero attached hydrogens (tertiary/aromatic N) is 1. The molecule has 1 unspecified atom stereocenters. The molecule has 27 heavy (non-hydrogen) atoms. The average molecular weight is 433 g/mol. The van der Waals surface area contributed by atoms with Crippen LogP contribution < -0.4 is 5.32 Å². The molecule has 140 valence electrons. The number of rotatable bonds is 5. The number of aryl methyl sites for hydroxylation is 1. The first-order valence-corrected chi connectivity index (χ1v) is 9.06. The number of nitrogens with one attached hydrogen (secondary N) is 1. The smallest absolute Gasteiger partial charge is 0.411 e. The number of anilines is 1. The highest BCUT2D eigenvalue weighted by atomic mass is 79.9. The van der Waals surface area contributed by atoms with Gasteiger partial charge in [0.05, 0.1) is 18.7 Å². The van der Waals surface area contributed by atoms with Gasteiger partial charge in [-0.25, -0.2) is 4.79 Å². The number of carbonyl (C=O) groups is 3. The molecule has 1 heterocycles. The number of aromatic nitrogens is 1. The molecule has 1 atom stereocenters. The molecule has 1 aliphatic carbocycles. The van der Waals surface area contributed by atoms with E-state index < -0.39 is 18.0 Å². The lowest BCUT2D eigenvalue weighted by Gasteiger charge is -2.11. The van der Waals surface area contributed by atoms with Crippen LogP contribution in [0.1, 0.15) is 34.0 Å². The predicted molar refractivity (Wildman–Crippen MR) is 101 cm³/mol. The van der Waals surface area contributed by atoms with Crippen LogP contribution >= 0.6 is 15.9 Å². The van der Waals surface area contributed by atoms with Crippen molar-refractivity contribution in [2.75, 3.05) is 19.0 Å². The number of ketones is 1. The van der Waals surface area contributed by atoms with Gasteiger partial charge < -0.3 is 9.47 Å². The van der Waals surface area contributed by atoms with Gasteiger partial charge in [0, 0.05) is 21.9 Å². The molecular formula is C19H17BrN2O5. The first-order valence-electron chi connectivity index (χ1n) is 8.27. The van der Waals surface area contributed by atoms with Gasteiger partial charge in [-0.1, -0.05) is 0 Å². The molecule has 3 rings (SSSR count). The molecule has 8 heteroatoms. The predicted octanol–water partition coefficient (Wildman–Crippen LogP) is 3.48. The standard InChI is InChI=1S/C19H17BrN2O5/c1-26-19(25)22-14-5-2-11(3-6-14)16(23)10-27-18(24)15-7-4-12-8-13(20)9-21-17(12)15/h2-3,5-6,8-9,15H,4,7,10H2,1H3,(H,22,25). The van der Waals surface area contributed by atoms with E-state index in [1.54, 1.807) is 30.5 Å². The van der Waals surface area contributed by atoms with Crippen molar-refractivity contribution in [2.24, 2.45) is 0 Å². The van der Waals surface area contributed by atoms with Gasteiger partial charge in [-0.05, 0) is 64.7 Å². The number of esters is 1. The van der Waals surface area contributed by atoms with Gasteiger partial charge in [0.25, 0.3) is 0 Å². The van der Waals surface area contributed by atoms with Crippen molar-refractivity contribution in [1.29, 1.82) is 0 Å². The zero-order chi connectivity index (χ0) is 19.4. The van der Waals surface area contributed by atoms with Gasteiger partial charge in [-0.3, -0.25) is 19.9 Å². The largest absolute Gasteiger partial charge is 0.457 e. The summed E-state index contributed by atoms with van der Waals surface area (Å²) < 4.78 is 10.6. The van der Waals surface area contributed by atoms with E-state index in [0.29, 0.717) is 23.4 Å². The van der Waals surface area contributed by atoms with E-state index >= 15 is 0 Å². The van der Waals surface area contributed by atoms with E-state index in [9.17, 15) is 14.4 Å². The molecule has 1 aromatic carbocycles. The Morgan fingerprint density at radius 3 is 2.70 bits per heavy atom. The summed E-state index contributed by atoms with van der Waals surface area (Å²) in [5.41, 5.74) is 2.61. The highest BCUT2D eigenvalue weighted by Crippen LogP contribution is 2.33. The fraction of sp³-hybridized carbons (Fsp3) is 0.263. The summed E-state index contributed by atoms with van der Waals surface area (Å²) in [4.78, 5) is 40.0. The zero-order valence-electron chi connectivity index (χ0n) is 14.5. The van der Waals surface area contributed by atoms with Crippen LogP contribution in [-0.2, 0) is 20.7 Å².